The summed E-state index contributed by atoms with van der Waals surface area (Å²) in [4.78, 5) is 29.6. The highest BCUT2D eigenvalue weighted by molar-refractivity contribution is 5.82. The summed E-state index contributed by atoms with van der Waals surface area (Å²) in [7, 11) is 1.64. The van der Waals surface area contributed by atoms with E-state index in [0.29, 0.717) is 22.7 Å². The number of anilines is 2. The van der Waals surface area contributed by atoms with E-state index in [1.807, 2.05) is 12.1 Å². The molecule has 2 aromatic carbocycles. The van der Waals surface area contributed by atoms with Crippen molar-refractivity contribution >= 4 is 22.7 Å². The van der Waals surface area contributed by atoms with Gasteiger partial charge in [-0.3, -0.25) is 9.69 Å². The molecule has 10 heteroatoms. The third kappa shape index (κ3) is 4.52. The SMILES string of the molecule is C[C@@H](c1ccc(F)cc1)N1CCN(c2cc(Oc3cccc4c3nc(N)c(=O)n4C)ncn2)CC1. The van der Waals surface area contributed by atoms with Gasteiger partial charge in [-0.25, -0.2) is 19.3 Å². The molecule has 1 aliphatic rings. The average Bonchev–Trinajstić information content (AvgIpc) is 2.88. The van der Waals surface area contributed by atoms with Gasteiger partial charge in [0.15, 0.2) is 11.6 Å². The number of ether oxygens (including phenoxy) is 1. The molecular weight excluding hydrogens is 449 g/mol. The lowest BCUT2D eigenvalue weighted by Crippen LogP contribution is -2.47. The van der Waals surface area contributed by atoms with Crippen LogP contribution in [0.2, 0.25) is 0 Å². The molecule has 2 aromatic heterocycles. The first-order valence-corrected chi connectivity index (χ1v) is 11.4. The molecule has 0 bridgehead atoms. The first-order valence-electron chi connectivity index (χ1n) is 11.4. The number of nitrogens with zero attached hydrogens (tertiary/aromatic N) is 6. The zero-order valence-corrected chi connectivity index (χ0v) is 19.6. The Morgan fingerprint density at radius 2 is 1.80 bits per heavy atom. The second-order valence-electron chi connectivity index (χ2n) is 8.55. The molecule has 35 heavy (non-hydrogen) atoms. The Morgan fingerprint density at radius 1 is 1.06 bits per heavy atom. The average molecular weight is 476 g/mol. The lowest BCUT2D eigenvalue weighted by atomic mass is 10.1. The Kier molecular flexibility index (Phi) is 6.04. The van der Waals surface area contributed by atoms with Gasteiger partial charge in [0.05, 0.1) is 5.52 Å². The molecule has 2 N–H and O–H groups in total. The van der Waals surface area contributed by atoms with Crippen molar-refractivity contribution in [3.05, 3.63) is 76.6 Å². The van der Waals surface area contributed by atoms with Gasteiger partial charge in [-0.2, -0.15) is 0 Å². The molecule has 0 saturated carbocycles. The monoisotopic (exact) mass is 475 g/mol. The maximum absolute atomic E-state index is 13.3. The number of rotatable bonds is 5. The second-order valence-corrected chi connectivity index (χ2v) is 8.55. The molecule has 180 valence electrons. The Morgan fingerprint density at radius 3 is 2.54 bits per heavy atom. The van der Waals surface area contributed by atoms with Crippen LogP contribution in [0.4, 0.5) is 16.0 Å². The van der Waals surface area contributed by atoms with E-state index >= 15 is 0 Å². The molecule has 1 fully saturated rings. The number of piperazine rings is 1. The fourth-order valence-corrected chi connectivity index (χ4v) is 4.39. The van der Waals surface area contributed by atoms with Crippen LogP contribution in [0.3, 0.4) is 0 Å². The molecule has 5 rings (SSSR count). The van der Waals surface area contributed by atoms with E-state index in [1.165, 1.54) is 23.0 Å². The van der Waals surface area contributed by atoms with Gasteiger partial charge in [-0.05, 0) is 36.8 Å². The number of aromatic nitrogens is 4. The molecule has 4 aromatic rings. The van der Waals surface area contributed by atoms with Crippen molar-refractivity contribution in [3.8, 4) is 11.6 Å². The van der Waals surface area contributed by atoms with Gasteiger partial charge in [0.25, 0.3) is 5.56 Å². The molecule has 0 spiro atoms. The number of nitrogen functional groups attached to an aromatic ring is 1. The first kappa shape index (κ1) is 22.7. The minimum absolute atomic E-state index is 0.0906. The van der Waals surface area contributed by atoms with Crippen molar-refractivity contribution in [1.82, 2.24) is 24.4 Å². The lowest BCUT2D eigenvalue weighted by molar-refractivity contribution is 0.198. The van der Waals surface area contributed by atoms with E-state index in [4.69, 9.17) is 10.5 Å². The minimum Gasteiger partial charge on any atom is -0.436 e. The van der Waals surface area contributed by atoms with Crippen LogP contribution >= 0.6 is 0 Å². The summed E-state index contributed by atoms with van der Waals surface area (Å²) >= 11 is 0. The smallest absolute Gasteiger partial charge is 0.293 e. The zero-order chi connectivity index (χ0) is 24.5. The molecule has 9 nitrogen and oxygen atoms in total. The van der Waals surface area contributed by atoms with Crippen LogP contribution in [0.1, 0.15) is 18.5 Å². The summed E-state index contributed by atoms with van der Waals surface area (Å²) in [6.07, 6.45) is 1.47. The highest BCUT2D eigenvalue weighted by Crippen LogP contribution is 2.29. The third-order valence-electron chi connectivity index (χ3n) is 6.48. The summed E-state index contributed by atoms with van der Waals surface area (Å²) in [6, 6.07) is 14.0. The standard InChI is InChI=1S/C25H26FN7O2/c1-16(17-6-8-18(26)9-7-17)32-10-12-33(13-11-32)21-14-22(29-15-28-21)35-20-5-3-4-19-23(20)30-24(27)25(34)31(19)2/h3-9,14-16H,10-13H2,1-2H3,(H2,27,30)/t16-/m0/s1. The number of nitrogens with two attached hydrogens (primary N) is 1. The molecule has 1 atom stereocenters. The predicted molar refractivity (Wildman–Crippen MR) is 132 cm³/mol. The van der Waals surface area contributed by atoms with Crippen molar-refractivity contribution in [2.24, 2.45) is 7.05 Å². The van der Waals surface area contributed by atoms with Crippen molar-refractivity contribution < 1.29 is 9.13 Å². The van der Waals surface area contributed by atoms with E-state index in [9.17, 15) is 9.18 Å². The number of aryl methyl sites for hydroxylation is 1. The maximum atomic E-state index is 13.3. The van der Waals surface area contributed by atoms with Gasteiger partial charge in [-0.1, -0.05) is 18.2 Å². The summed E-state index contributed by atoms with van der Waals surface area (Å²) < 4.78 is 20.8. The van der Waals surface area contributed by atoms with Gasteiger partial charge in [0.2, 0.25) is 5.88 Å². The third-order valence-corrected chi connectivity index (χ3v) is 6.48. The molecule has 1 saturated heterocycles. The Labute approximate surface area is 201 Å². The van der Waals surface area contributed by atoms with Crippen LogP contribution < -0.4 is 20.9 Å². The van der Waals surface area contributed by atoms with Crippen LogP contribution in [0, 0.1) is 5.82 Å². The second kappa shape index (κ2) is 9.30. The summed E-state index contributed by atoms with van der Waals surface area (Å²) in [5.41, 5.74) is 7.63. The normalized spacial score (nSPS) is 15.3. The summed E-state index contributed by atoms with van der Waals surface area (Å²) in [5, 5.41) is 0. The van der Waals surface area contributed by atoms with Crippen LogP contribution in [0.15, 0.2) is 59.7 Å². The first-order chi connectivity index (χ1) is 16.9. The van der Waals surface area contributed by atoms with Crippen LogP contribution in [0.5, 0.6) is 11.6 Å². The van der Waals surface area contributed by atoms with E-state index in [2.05, 4.69) is 31.7 Å². The number of fused-ring (bicyclic) bond motifs is 1. The fraction of sp³-hybridized carbons (Fsp3) is 0.280. The Bertz CT molecular complexity index is 1420. The zero-order valence-electron chi connectivity index (χ0n) is 19.6. The highest BCUT2D eigenvalue weighted by Gasteiger charge is 2.23. The topological polar surface area (TPSA) is 102 Å². The van der Waals surface area contributed by atoms with E-state index in [-0.39, 0.29) is 23.2 Å². The number of benzene rings is 2. The maximum Gasteiger partial charge on any atom is 0.293 e. The highest BCUT2D eigenvalue weighted by atomic mass is 19.1. The predicted octanol–water partition coefficient (Wildman–Crippen LogP) is 3.12. The molecule has 1 aliphatic heterocycles. The molecule has 0 aliphatic carbocycles. The summed E-state index contributed by atoms with van der Waals surface area (Å²) in [6.45, 7) is 5.41. The van der Waals surface area contributed by atoms with Gasteiger partial charge < -0.3 is 19.9 Å². The van der Waals surface area contributed by atoms with E-state index in [1.54, 1.807) is 31.3 Å². The van der Waals surface area contributed by atoms with Gasteiger partial charge >= 0.3 is 0 Å². The Hall–Kier alpha value is -4.05. The van der Waals surface area contributed by atoms with E-state index in [0.717, 1.165) is 37.6 Å². The van der Waals surface area contributed by atoms with Crippen LogP contribution in [-0.2, 0) is 7.05 Å². The van der Waals surface area contributed by atoms with Gasteiger partial charge in [0.1, 0.15) is 23.5 Å². The van der Waals surface area contributed by atoms with Gasteiger partial charge in [-0.15, -0.1) is 0 Å². The van der Waals surface area contributed by atoms with Crippen molar-refractivity contribution in [2.75, 3.05) is 36.8 Å². The quantitative estimate of drug-likeness (QED) is 0.470. The van der Waals surface area contributed by atoms with Crippen LogP contribution in [-0.4, -0.2) is 50.6 Å². The summed E-state index contributed by atoms with van der Waals surface area (Å²) in [5.74, 6) is 1.28. The number of hydrogen-bond acceptors (Lipinski definition) is 8. The largest absolute Gasteiger partial charge is 0.436 e. The molecule has 0 radical (unpaired) electrons. The van der Waals surface area contributed by atoms with E-state index < -0.39 is 0 Å². The minimum atomic E-state index is -0.355. The molecular formula is C25H26FN7O2. The number of halogens is 1. The van der Waals surface area contributed by atoms with Gasteiger partial charge in [0, 0.05) is 45.3 Å². The molecule has 0 unspecified atom stereocenters. The Balaban J connectivity index is 1.31. The van der Waals surface area contributed by atoms with Crippen molar-refractivity contribution in [1.29, 1.82) is 0 Å². The lowest BCUT2D eigenvalue weighted by Gasteiger charge is -2.38. The van der Waals surface area contributed by atoms with Crippen molar-refractivity contribution in [2.45, 2.75) is 13.0 Å². The fourth-order valence-electron chi connectivity index (χ4n) is 4.39. The number of hydrogen-bond donors (Lipinski definition) is 1. The van der Waals surface area contributed by atoms with Crippen molar-refractivity contribution in [3.63, 3.8) is 0 Å². The number of para-hydroxylation sites is 1. The molecule has 3 heterocycles. The molecule has 0 amide bonds. The van der Waals surface area contributed by atoms with Crippen LogP contribution in [0.25, 0.3) is 11.0 Å².